The van der Waals surface area contributed by atoms with E-state index in [0.717, 1.165) is 18.9 Å². The standard InChI is InChI=1S/C14H20N2O2/c1-18-13-9-11(15)6-7-12(13)14(17)16-8-2-3-10-4-5-10/h6-7,9-10H,2-5,8,15H2,1H3,(H,16,17). The summed E-state index contributed by atoms with van der Waals surface area (Å²) in [5.41, 5.74) is 6.79. The minimum Gasteiger partial charge on any atom is -0.496 e. The zero-order valence-electron chi connectivity index (χ0n) is 10.7. The monoisotopic (exact) mass is 248 g/mol. The van der Waals surface area contributed by atoms with Crippen LogP contribution in [0.25, 0.3) is 0 Å². The summed E-state index contributed by atoms with van der Waals surface area (Å²) < 4.78 is 5.16. The van der Waals surface area contributed by atoms with Gasteiger partial charge in [0.1, 0.15) is 5.75 Å². The van der Waals surface area contributed by atoms with Crippen LogP contribution in [0, 0.1) is 5.92 Å². The molecule has 98 valence electrons. The van der Waals surface area contributed by atoms with Gasteiger partial charge in [0.05, 0.1) is 12.7 Å². The van der Waals surface area contributed by atoms with E-state index >= 15 is 0 Å². The number of amides is 1. The lowest BCUT2D eigenvalue weighted by molar-refractivity contribution is 0.0950. The molecular weight excluding hydrogens is 228 g/mol. The summed E-state index contributed by atoms with van der Waals surface area (Å²) in [6.07, 6.45) is 4.99. The van der Waals surface area contributed by atoms with Crippen molar-refractivity contribution in [3.63, 3.8) is 0 Å². The smallest absolute Gasteiger partial charge is 0.255 e. The summed E-state index contributed by atoms with van der Waals surface area (Å²) in [5, 5.41) is 2.92. The Morgan fingerprint density at radius 3 is 2.94 bits per heavy atom. The zero-order valence-corrected chi connectivity index (χ0v) is 10.7. The van der Waals surface area contributed by atoms with Gasteiger partial charge in [0.25, 0.3) is 5.91 Å². The summed E-state index contributed by atoms with van der Waals surface area (Å²) >= 11 is 0. The third kappa shape index (κ3) is 3.39. The molecule has 1 amide bonds. The number of nitrogen functional groups attached to an aromatic ring is 1. The number of methoxy groups -OCH3 is 1. The first-order chi connectivity index (χ1) is 8.70. The van der Waals surface area contributed by atoms with E-state index in [1.165, 1.54) is 19.3 Å². The molecule has 0 saturated heterocycles. The van der Waals surface area contributed by atoms with Crippen LogP contribution in [0.1, 0.15) is 36.0 Å². The van der Waals surface area contributed by atoms with Crippen LogP contribution in [0.4, 0.5) is 5.69 Å². The minimum atomic E-state index is -0.0948. The van der Waals surface area contributed by atoms with Crippen molar-refractivity contribution in [2.75, 3.05) is 19.4 Å². The Hall–Kier alpha value is -1.71. The Kier molecular flexibility index (Phi) is 4.07. The lowest BCUT2D eigenvalue weighted by Gasteiger charge is -2.09. The molecule has 0 unspecified atom stereocenters. The molecule has 1 aliphatic carbocycles. The van der Waals surface area contributed by atoms with Gasteiger partial charge in [-0.2, -0.15) is 0 Å². The van der Waals surface area contributed by atoms with Gasteiger partial charge >= 0.3 is 0 Å². The van der Waals surface area contributed by atoms with E-state index < -0.39 is 0 Å². The molecule has 1 saturated carbocycles. The second-order valence-corrected chi connectivity index (χ2v) is 4.80. The first-order valence-corrected chi connectivity index (χ1v) is 6.42. The number of anilines is 1. The second-order valence-electron chi connectivity index (χ2n) is 4.80. The van der Waals surface area contributed by atoms with Gasteiger partial charge in [-0.3, -0.25) is 4.79 Å². The molecular formula is C14H20N2O2. The van der Waals surface area contributed by atoms with E-state index in [2.05, 4.69) is 5.32 Å². The SMILES string of the molecule is COc1cc(N)ccc1C(=O)NCCCC1CC1. The van der Waals surface area contributed by atoms with Crippen LogP contribution in [-0.4, -0.2) is 19.6 Å². The summed E-state index contributed by atoms with van der Waals surface area (Å²) in [6, 6.07) is 5.07. The molecule has 0 spiro atoms. The molecule has 1 fully saturated rings. The molecule has 1 aromatic rings. The average molecular weight is 248 g/mol. The van der Waals surface area contributed by atoms with Crippen molar-refractivity contribution in [1.82, 2.24) is 5.32 Å². The number of carbonyl (C=O) groups excluding carboxylic acids is 1. The first kappa shape index (κ1) is 12.7. The van der Waals surface area contributed by atoms with Crippen LogP contribution in [0.15, 0.2) is 18.2 Å². The second kappa shape index (κ2) is 5.76. The summed E-state index contributed by atoms with van der Waals surface area (Å²) in [6.45, 7) is 0.725. The Morgan fingerprint density at radius 2 is 2.28 bits per heavy atom. The Labute approximate surface area is 108 Å². The van der Waals surface area contributed by atoms with Crippen LogP contribution in [-0.2, 0) is 0 Å². The fourth-order valence-electron chi connectivity index (χ4n) is 1.99. The van der Waals surface area contributed by atoms with Gasteiger partial charge in [-0.25, -0.2) is 0 Å². The normalized spacial score (nSPS) is 14.3. The molecule has 1 aromatic carbocycles. The Balaban J connectivity index is 1.86. The van der Waals surface area contributed by atoms with Crippen molar-refractivity contribution in [1.29, 1.82) is 0 Å². The Bertz CT molecular complexity index is 428. The van der Waals surface area contributed by atoms with Gasteiger partial charge < -0.3 is 15.8 Å². The van der Waals surface area contributed by atoms with E-state index in [0.29, 0.717) is 17.0 Å². The molecule has 3 N–H and O–H groups in total. The van der Waals surface area contributed by atoms with Crippen molar-refractivity contribution in [2.45, 2.75) is 25.7 Å². The van der Waals surface area contributed by atoms with Crippen LogP contribution in [0.5, 0.6) is 5.75 Å². The van der Waals surface area contributed by atoms with Gasteiger partial charge in [0.2, 0.25) is 0 Å². The van der Waals surface area contributed by atoms with Crippen LogP contribution in [0.3, 0.4) is 0 Å². The average Bonchev–Trinajstić information content (AvgIpc) is 3.18. The van der Waals surface area contributed by atoms with E-state index in [9.17, 15) is 4.79 Å². The molecule has 4 heteroatoms. The third-order valence-electron chi connectivity index (χ3n) is 3.24. The van der Waals surface area contributed by atoms with Crippen molar-refractivity contribution in [3.8, 4) is 5.75 Å². The number of ether oxygens (including phenoxy) is 1. The van der Waals surface area contributed by atoms with Crippen LogP contribution >= 0.6 is 0 Å². The summed E-state index contributed by atoms with van der Waals surface area (Å²) in [4.78, 5) is 12.0. The number of nitrogens with two attached hydrogens (primary N) is 1. The molecule has 0 heterocycles. The fourth-order valence-corrected chi connectivity index (χ4v) is 1.99. The molecule has 0 radical (unpaired) electrons. The Morgan fingerprint density at radius 1 is 1.50 bits per heavy atom. The molecule has 1 aliphatic rings. The maximum absolute atomic E-state index is 12.0. The van der Waals surface area contributed by atoms with Crippen LogP contribution in [0.2, 0.25) is 0 Å². The predicted molar refractivity (Wildman–Crippen MR) is 71.7 cm³/mol. The van der Waals surface area contributed by atoms with Gasteiger partial charge in [-0.05, 0) is 30.9 Å². The summed E-state index contributed by atoms with van der Waals surface area (Å²) in [7, 11) is 1.54. The highest BCUT2D eigenvalue weighted by molar-refractivity contribution is 5.97. The number of hydrogen-bond acceptors (Lipinski definition) is 3. The number of rotatable bonds is 6. The van der Waals surface area contributed by atoms with Gasteiger partial charge in [-0.1, -0.05) is 12.8 Å². The number of benzene rings is 1. The lowest BCUT2D eigenvalue weighted by atomic mass is 10.1. The van der Waals surface area contributed by atoms with E-state index in [4.69, 9.17) is 10.5 Å². The molecule has 0 atom stereocenters. The van der Waals surface area contributed by atoms with E-state index in [1.807, 2.05) is 0 Å². The van der Waals surface area contributed by atoms with Crippen molar-refractivity contribution in [2.24, 2.45) is 5.92 Å². The zero-order chi connectivity index (χ0) is 13.0. The van der Waals surface area contributed by atoms with Gasteiger partial charge in [0.15, 0.2) is 0 Å². The highest BCUT2D eigenvalue weighted by Gasteiger charge is 2.20. The summed E-state index contributed by atoms with van der Waals surface area (Å²) in [5.74, 6) is 1.34. The highest BCUT2D eigenvalue weighted by Crippen LogP contribution is 2.33. The van der Waals surface area contributed by atoms with Crippen molar-refractivity contribution >= 4 is 11.6 Å². The maximum Gasteiger partial charge on any atom is 0.255 e. The largest absolute Gasteiger partial charge is 0.496 e. The van der Waals surface area contributed by atoms with Crippen LogP contribution < -0.4 is 15.8 Å². The van der Waals surface area contributed by atoms with Crippen molar-refractivity contribution < 1.29 is 9.53 Å². The van der Waals surface area contributed by atoms with E-state index in [1.54, 1.807) is 25.3 Å². The predicted octanol–water partition coefficient (Wildman–Crippen LogP) is 2.20. The molecule has 0 aliphatic heterocycles. The fraction of sp³-hybridized carbons (Fsp3) is 0.500. The molecule has 18 heavy (non-hydrogen) atoms. The van der Waals surface area contributed by atoms with Gasteiger partial charge in [-0.15, -0.1) is 0 Å². The molecule has 4 nitrogen and oxygen atoms in total. The number of carbonyl (C=O) groups is 1. The number of nitrogens with one attached hydrogen (secondary N) is 1. The molecule has 0 aromatic heterocycles. The lowest BCUT2D eigenvalue weighted by Crippen LogP contribution is -2.25. The van der Waals surface area contributed by atoms with E-state index in [-0.39, 0.29) is 5.91 Å². The maximum atomic E-state index is 12.0. The quantitative estimate of drug-likeness (QED) is 0.599. The molecule has 2 rings (SSSR count). The van der Waals surface area contributed by atoms with Gasteiger partial charge in [0, 0.05) is 18.3 Å². The molecule has 0 bridgehead atoms. The van der Waals surface area contributed by atoms with Crippen molar-refractivity contribution in [3.05, 3.63) is 23.8 Å². The third-order valence-corrected chi connectivity index (χ3v) is 3.24. The topological polar surface area (TPSA) is 64.3 Å². The minimum absolute atomic E-state index is 0.0948. The number of hydrogen-bond donors (Lipinski definition) is 2. The first-order valence-electron chi connectivity index (χ1n) is 6.42. The highest BCUT2D eigenvalue weighted by atomic mass is 16.5.